The molecule has 0 radical (unpaired) electrons. The Morgan fingerprint density at radius 3 is 1.65 bits per heavy atom. The molecular weight excluding hydrogens is 363 g/mol. The molecule has 0 aliphatic rings. The van der Waals surface area contributed by atoms with Crippen molar-refractivity contribution < 1.29 is 5.11 Å². The quantitative estimate of drug-likeness (QED) is 0.291. The standard InChI is InChI=1S/C23H38Cl2O/c1-3-5-6-7-8-9-10-11-12-13-14-15-16-17-19-18-21(24)20(4-2)22(25)23(19)26/h18,26H,3-17H2,1-2H3. The maximum absolute atomic E-state index is 10.2. The first-order valence-corrected chi connectivity index (χ1v) is 11.6. The summed E-state index contributed by atoms with van der Waals surface area (Å²) in [5.74, 6) is 0.229. The molecule has 0 bridgehead atoms. The van der Waals surface area contributed by atoms with E-state index in [0.717, 1.165) is 30.4 Å². The van der Waals surface area contributed by atoms with Crippen molar-refractivity contribution in [3.63, 3.8) is 0 Å². The van der Waals surface area contributed by atoms with Crippen LogP contribution >= 0.6 is 23.2 Å². The molecular formula is C23H38Cl2O. The van der Waals surface area contributed by atoms with Gasteiger partial charge in [-0.25, -0.2) is 0 Å². The van der Waals surface area contributed by atoms with Gasteiger partial charge in [-0.05, 0) is 36.5 Å². The van der Waals surface area contributed by atoms with Gasteiger partial charge in [0.2, 0.25) is 0 Å². The van der Waals surface area contributed by atoms with Crippen LogP contribution in [0.4, 0.5) is 0 Å². The molecule has 0 saturated heterocycles. The van der Waals surface area contributed by atoms with Gasteiger partial charge in [-0.15, -0.1) is 0 Å². The highest BCUT2D eigenvalue weighted by Crippen LogP contribution is 2.37. The van der Waals surface area contributed by atoms with Gasteiger partial charge < -0.3 is 5.11 Å². The summed E-state index contributed by atoms with van der Waals surface area (Å²) in [6, 6.07) is 1.89. The molecule has 0 aliphatic heterocycles. The van der Waals surface area contributed by atoms with Crippen LogP contribution in [0.5, 0.6) is 5.75 Å². The van der Waals surface area contributed by atoms with Crippen LogP contribution < -0.4 is 0 Å². The first-order chi connectivity index (χ1) is 12.6. The highest BCUT2D eigenvalue weighted by Gasteiger charge is 2.13. The molecule has 26 heavy (non-hydrogen) atoms. The van der Waals surface area contributed by atoms with Gasteiger partial charge >= 0.3 is 0 Å². The van der Waals surface area contributed by atoms with Gasteiger partial charge in [-0.1, -0.05) is 114 Å². The van der Waals surface area contributed by atoms with Crippen LogP contribution in [0.15, 0.2) is 6.07 Å². The SMILES string of the molecule is CCCCCCCCCCCCCCCc1cc(Cl)c(CC)c(Cl)c1O. The Bertz CT molecular complexity index is 499. The lowest BCUT2D eigenvalue weighted by molar-refractivity contribution is 0.465. The van der Waals surface area contributed by atoms with Gasteiger partial charge in [0.15, 0.2) is 0 Å². The number of hydrogen-bond acceptors (Lipinski definition) is 1. The van der Waals surface area contributed by atoms with Crippen LogP contribution in [0.3, 0.4) is 0 Å². The van der Waals surface area contributed by atoms with Crippen LogP contribution in [0, 0.1) is 0 Å². The zero-order chi connectivity index (χ0) is 19.2. The normalized spacial score (nSPS) is 11.2. The molecule has 0 atom stereocenters. The number of hydrogen-bond donors (Lipinski definition) is 1. The number of phenolic OH excluding ortho intramolecular Hbond substituents is 1. The minimum Gasteiger partial charge on any atom is -0.506 e. The zero-order valence-electron chi connectivity index (χ0n) is 16.9. The average molecular weight is 401 g/mol. The van der Waals surface area contributed by atoms with Gasteiger partial charge in [-0.2, -0.15) is 0 Å². The highest BCUT2D eigenvalue weighted by atomic mass is 35.5. The smallest absolute Gasteiger partial charge is 0.137 e. The molecule has 1 rings (SSSR count). The predicted molar refractivity (Wildman–Crippen MR) is 117 cm³/mol. The van der Waals surface area contributed by atoms with E-state index in [-0.39, 0.29) is 5.75 Å². The van der Waals surface area contributed by atoms with Gasteiger partial charge in [0, 0.05) is 5.02 Å². The first kappa shape index (κ1) is 23.6. The summed E-state index contributed by atoms with van der Waals surface area (Å²) in [6.45, 7) is 4.27. The van der Waals surface area contributed by atoms with Gasteiger partial charge in [0.05, 0.1) is 5.02 Å². The first-order valence-electron chi connectivity index (χ1n) is 10.8. The lowest BCUT2D eigenvalue weighted by Crippen LogP contribution is -1.93. The van der Waals surface area contributed by atoms with E-state index in [0.29, 0.717) is 10.0 Å². The number of phenols is 1. The summed E-state index contributed by atoms with van der Waals surface area (Å²) in [6.07, 6.45) is 19.1. The largest absolute Gasteiger partial charge is 0.506 e. The number of aryl methyl sites for hydroxylation is 1. The lowest BCUT2D eigenvalue weighted by Gasteiger charge is -2.12. The van der Waals surface area contributed by atoms with E-state index in [1.807, 2.05) is 13.0 Å². The molecule has 3 heteroatoms. The van der Waals surface area contributed by atoms with Crippen LogP contribution in [0.25, 0.3) is 0 Å². The molecule has 1 aromatic rings. The number of benzene rings is 1. The fraction of sp³-hybridized carbons (Fsp3) is 0.739. The second-order valence-corrected chi connectivity index (χ2v) is 8.29. The summed E-state index contributed by atoms with van der Waals surface area (Å²) in [5.41, 5.74) is 1.74. The maximum atomic E-state index is 10.2. The van der Waals surface area contributed by atoms with Crippen LogP contribution in [-0.2, 0) is 12.8 Å². The Hall–Kier alpha value is -0.400. The molecule has 0 spiro atoms. The van der Waals surface area contributed by atoms with Crippen molar-refractivity contribution in [3.05, 3.63) is 27.2 Å². The topological polar surface area (TPSA) is 20.2 Å². The highest BCUT2D eigenvalue weighted by molar-refractivity contribution is 6.37. The average Bonchev–Trinajstić information content (AvgIpc) is 2.63. The van der Waals surface area contributed by atoms with E-state index in [9.17, 15) is 5.11 Å². The van der Waals surface area contributed by atoms with Crippen molar-refractivity contribution in [1.29, 1.82) is 0 Å². The summed E-state index contributed by atoms with van der Waals surface area (Å²) in [4.78, 5) is 0. The van der Waals surface area contributed by atoms with Crippen LogP contribution in [0.2, 0.25) is 10.0 Å². The Kier molecular flexibility index (Phi) is 13.3. The summed E-state index contributed by atoms with van der Waals surface area (Å²) < 4.78 is 0. The third kappa shape index (κ3) is 9.00. The summed E-state index contributed by atoms with van der Waals surface area (Å²) >= 11 is 12.5. The fourth-order valence-electron chi connectivity index (χ4n) is 3.55. The molecule has 0 saturated carbocycles. The number of rotatable bonds is 15. The molecule has 0 amide bonds. The molecule has 0 heterocycles. The van der Waals surface area contributed by atoms with E-state index in [4.69, 9.17) is 23.2 Å². The van der Waals surface area contributed by atoms with Crippen molar-refractivity contribution in [2.24, 2.45) is 0 Å². The van der Waals surface area contributed by atoms with E-state index in [1.54, 1.807) is 0 Å². The third-order valence-electron chi connectivity index (χ3n) is 5.27. The van der Waals surface area contributed by atoms with Gasteiger partial charge in [0.25, 0.3) is 0 Å². The molecule has 0 fully saturated rings. The molecule has 150 valence electrons. The van der Waals surface area contributed by atoms with Crippen molar-refractivity contribution in [2.75, 3.05) is 0 Å². The van der Waals surface area contributed by atoms with Crippen molar-refractivity contribution in [3.8, 4) is 5.75 Å². The lowest BCUT2D eigenvalue weighted by atomic mass is 10.0. The molecule has 0 aliphatic carbocycles. The van der Waals surface area contributed by atoms with Crippen LogP contribution in [-0.4, -0.2) is 5.11 Å². The molecule has 0 unspecified atom stereocenters. The van der Waals surface area contributed by atoms with E-state index < -0.39 is 0 Å². The van der Waals surface area contributed by atoms with E-state index in [1.165, 1.54) is 77.0 Å². The molecule has 1 nitrogen and oxygen atoms in total. The van der Waals surface area contributed by atoms with Gasteiger partial charge in [0.1, 0.15) is 5.75 Å². The minimum absolute atomic E-state index is 0.229. The molecule has 1 N–H and O–H groups in total. The monoisotopic (exact) mass is 400 g/mol. The third-order valence-corrected chi connectivity index (χ3v) is 6.01. The Morgan fingerprint density at radius 2 is 1.19 bits per heavy atom. The second-order valence-electron chi connectivity index (χ2n) is 7.50. The van der Waals surface area contributed by atoms with Crippen molar-refractivity contribution >= 4 is 23.2 Å². The Balaban J connectivity index is 2.06. The zero-order valence-corrected chi connectivity index (χ0v) is 18.4. The molecule has 0 aromatic heterocycles. The number of aromatic hydroxyl groups is 1. The predicted octanol–water partition coefficient (Wildman–Crippen LogP) is 8.90. The molecule has 1 aromatic carbocycles. The second kappa shape index (κ2) is 14.6. The summed E-state index contributed by atoms with van der Waals surface area (Å²) in [7, 11) is 0. The van der Waals surface area contributed by atoms with Crippen molar-refractivity contribution in [1.82, 2.24) is 0 Å². The van der Waals surface area contributed by atoms with E-state index >= 15 is 0 Å². The Labute approximate surface area is 171 Å². The number of unbranched alkanes of at least 4 members (excludes halogenated alkanes) is 12. The number of halogens is 2. The van der Waals surface area contributed by atoms with E-state index in [2.05, 4.69) is 6.92 Å². The minimum atomic E-state index is 0.229. The summed E-state index contributed by atoms with van der Waals surface area (Å²) in [5, 5.41) is 11.4. The van der Waals surface area contributed by atoms with Gasteiger partial charge in [-0.3, -0.25) is 0 Å². The van der Waals surface area contributed by atoms with Crippen LogP contribution in [0.1, 0.15) is 108 Å². The van der Waals surface area contributed by atoms with Crippen molar-refractivity contribution in [2.45, 2.75) is 110 Å². The fourth-order valence-corrected chi connectivity index (χ4v) is 4.31. The Morgan fingerprint density at radius 1 is 0.731 bits per heavy atom. The maximum Gasteiger partial charge on any atom is 0.137 e.